The van der Waals surface area contributed by atoms with Crippen molar-refractivity contribution in [3.8, 4) is 0 Å². The van der Waals surface area contributed by atoms with E-state index in [9.17, 15) is 0 Å². The highest BCUT2D eigenvalue weighted by molar-refractivity contribution is 7.99. The molecular weight excluding hydrogens is 262 g/mol. The van der Waals surface area contributed by atoms with E-state index in [4.69, 9.17) is 9.15 Å². The molecule has 2 aromatic rings. The van der Waals surface area contributed by atoms with Crippen LogP contribution in [0.3, 0.4) is 0 Å². The highest BCUT2D eigenvalue weighted by Gasteiger charge is 2.09. The summed E-state index contributed by atoms with van der Waals surface area (Å²) in [6.07, 6.45) is 1.68. The standard InChI is InChI=1S/C13H17N3O2S/c1-4-14-11-7-13(16-12(15-11)8-17-3)19-10-5-6-18-9(10)2/h5-7H,4,8H2,1-3H3,(H,14,15,16). The van der Waals surface area contributed by atoms with E-state index in [1.165, 1.54) is 0 Å². The van der Waals surface area contributed by atoms with Crippen molar-refractivity contribution < 1.29 is 9.15 Å². The average Bonchev–Trinajstić information content (AvgIpc) is 2.76. The van der Waals surface area contributed by atoms with Crippen LogP contribution in [-0.2, 0) is 11.3 Å². The number of aromatic nitrogens is 2. The number of rotatable bonds is 6. The Labute approximate surface area is 116 Å². The summed E-state index contributed by atoms with van der Waals surface area (Å²) in [5.74, 6) is 2.37. The van der Waals surface area contributed by atoms with E-state index in [1.807, 2.05) is 26.0 Å². The van der Waals surface area contributed by atoms with E-state index < -0.39 is 0 Å². The molecule has 0 fully saturated rings. The molecule has 0 aliphatic carbocycles. The van der Waals surface area contributed by atoms with Crippen LogP contribution in [0.25, 0.3) is 0 Å². The lowest BCUT2D eigenvalue weighted by Gasteiger charge is -2.08. The fourth-order valence-electron chi connectivity index (χ4n) is 1.58. The maximum atomic E-state index is 5.29. The molecule has 0 amide bonds. The number of nitrogens with zero attached hydrogens (tertiary/aromatic N) is 2. The van der Waals surface area contributed by atoms with Gasteiger partial charge in [0.25, 0.3) is 0 Å². The second-order valence-electron chi connectivity index (χ2n) is 3.91. The molecule has 0 aliphatic heterocycles. The lowest BCUT2D eigenvalue weighted by atomic mass is 10.5. The zero-order valence-corrected chi connectivity index (χ0v) is 12.1. The van der Waals surface area contributed by atoms with Crippen LogP contribution in [0.1, 0.15) is 18.5 Å². The molecule has 2 aromatic heterocycles. The highest BCUT2D eigenvalue weighted by atomic mass is 32.2. The van der Waals surface area contributed by atoms with Gasteiger partial charge in [-0.2, -0.15) is 0 Å². The smallest absolute Gasteiger partial charge is 0.157 e. The molecule has 102 valence electrons. The second-order valence-corrected chi connectivity index (χ2v) is 4.98. The van der Waals surface area contributed by atoms with Gasteiger partial charge in [0.2, 0.25) is 0 Å². The highest BCUT2D eigenvalue weighted by Crippen LogP contribution is 2.30. The molecule has 2 rings (SSSR count). The monoisotopic (exact) mass is 279 g/mol. The number of hydrogen-bond acceptors (Lipinski definition) is 6. The van der Waals surface area contributed by atoms with E-state index in [1.54, 1.807) is 25.1 Å². The number of nitrogens with one attached hydrogen (secondary N) is 1. The molecule has 0 bridgehead atoms. The number of furan rings is 1. The van der Waals surface area contributed by atoms with Crippen molar-refractivity contribution in [1.29, 1.82) is 0 Å². The fraction of sp³-hybridized carbons (Fsp3) is 0.385. The zero-order chi connectivity index (χ0) is 13.7. The van der Waals surface area contributed by atoms with Gasteiger partial charge >= 0.3 is 0 Å². The topological polar surface area (TPSA) is 60.2 Å². The third-order valence-corrected chi connectivity index (χ3v) is 3.47. The Kier molecular flexibility index (Phi) is 4.81. The number of aryl methyl sites for hydroxylation is 1. The van der Waals surface area contributed by atoms with Gasteiger partial charge in [-0.25, -0.2) is 9.97 Å². The van der Waals surface area contributed by atoms with Crippen LogP contribution in [0, 0.1) is 6.92 Å². The molecule has 0 atom stereocenters. The summed E-state index contributed by atoms with van der Waals surface area (Å²) in [6.45, 7) is 5.19. The summed E-state index contributed by atoms with van der Waals surface area (Å²) < 4.78 is 10.4. The van der Waals surface area contributed by atoms with Gasteiger partial charge in [0.05, 0.1) is 11.2 Å². The molecule has 0 aliphatic rings. The van der Waals surface area contributed by atoms with Crippen molar-refractivity contribution in [3.63, 3.8) is 0 Å². The van der Waals surface area contributed by atoms with Crippen molar-refractivity contribution in [2.45, 2.75) is 30.4 Å². The van der Waals surface area contributed by atoms with E-state index in [0.717, 1.165) is 28.0 Å². The van der Waals surface area contributed by atoms with Crippen molar-refractivity contribution in [2.24, 2.45) is 0 Å². The van der Waals surface area contributed by atoms with Crippen molar-refractivity contribution in [1.82, 2.24) is 9.97 Å². The van der Waals surface area contributed by atoms with E-state index in [-0.39, 0.29) is 0 Å². The molecule has 5 nitrogen and oxygen atoms in total. The third kappa shape index (κ3) is 3.71. The first-order chi connectivity index (χ1) is 9.22. The number of ether oxygens (including phenoxy) is 1. The summed E-state index contributed by atoms with van der Waals surface area (Å²) in [7, 11) is 1.64. The SMILES string of the molecule is CCNc1cc(Sc2ccoc2C)nc(COC)n1. The zero-order valence-electron chi connectivity index (χ0n) is 11.3. The molecule has 2 heterocycles. The predicted octanol–water partition coefficient (Wildman–Crippen LogP) is 3.11. The van der Waals surface area contributed by atoms with Gasteiger partial charge in [0.15, 0.2) is 5.82 Å². The van der Waals surface area contributed by atoms with Gasteiger partial charge in [-0.1, -0.05) is 11.8 Å². The van der Waals surface area contributed by atoms with Gasteiger partial charge in [0, 0.05) is 19.7 Å². The molecule has 0 spiro atoms. The molecule has 0 aromatic carbocycles. The molecular formula is C13H17N3O2S. The predicted molar refractivity (Wildman–Crippen MR) is 74.5 cm³/mol. The summed E-state index contributed by atoms with van der Waals surface area (Å²) >= 11 is 1.56. The molecule has 0 radical (unpaired) electrons. The molecule has 6 heteroatoms. The first-order valence-electron chi connectivity index (χ1n) is 6.05. The Morgan fingerprint density at radius 3 is 2.89 bits per heavy atom. The molecule has 0 unspecified atom stereocenters. The van der Waals surface area contributed by atoms with Crippen LogP contribution in [0.5, 0.6) is 0 Å². The number of hydrogen-bond donors (Lipinski definition) is 1. The largest absolute Gasteiger partial charge is 0.468 e. The van der Waals surface area contributed by atoms with Gasteiger partial charge in [-0.3, -0.25) is 0 Å². The summed E-state index contributed by atoms with van der Waals surface area (Å²) in [5.41, 5.74) is 0. The van der Waals surface area contributed by atoms with E-state index >= 15 is 0 Å². The Hall–Kier alpha value is -1.53. The van der Waals surface area contributed by atoms with Crippen LogP contribution in [0.4, 0.5) is 5.82 Å². The Balaban J connectivity index is 2.25. The minimum atomic E-state index is 0.400. The minimum absolute atomic E-state index is 0.400. The number of methoxy groups -OCH3 is 1. The van der Waals surface area contributed by atoms with Crippen molar-refractivity contribution in [2.75, 3.05) is 19.0 Å². The Morgan fingerprint density at radius 2 is 2.26 bits per heavy atom. The van der Waals surface area contributed by atoms with Crippen molar-refractivity contribution >= 4 is 17.6 Å². The lowest BCUT2D eigenvalue weighted by molar-refractivity contribution is 0.177. The average molecular weight is 279 g/mol. The van der Waals surface area contributed by atoms with Gasteiger partial charge in [-0.15, -0.1) is 0 Å². The van der Waals surface area contributed by atoms with Crippen LogP contribution in [-0.4, -0.2) is 23.6 Å². The minimum Gasteiger partial charge on any atom is -0.468 e. The summed E-state index contributed by atoms with van der Waals surface area (Å²) in [6, 6.07) is 3.87. The molecule has 1 N–H and O–H groups in total. The first kappa shape index (κ1) is 13.9. The fourth-order valence-corrected chi connectivity index (χ4v) is 2.44. The summed E-state index contributed by atoms with van der Waals surface area (Å²) in [5, 5.41) is 4.07. The van der Waals surface area contributed by atoms with Crippen molar-refractivity contribution in [3.05, 3.63) is 30.0 Å². The Bertz CT molecular complexity index is 518. The van der Waals surface area contributed by atoms with Gasteiger partial charge in [0.1, 0.15) is 23.2 Å². The van der Waals surface area contributed by atoms with Crippen LogP contribution >= 0.6 is 11.8 Å². The lowest BCUT2D eigenvalue weighted by Crippen LogP contribution is -2.05. The van der Waals surface area contributed by atoms with Gasteiger partial charge in [-0.05, 0) is 19.9 Å². The Morgan fingerprint density at radius 1 is 1.42 bits per heavy atom. The number of anilines is 1. The maximum Gasteiger partial charge on any atom is 0.157 e. The van der Waals surface area contributed by atoms with Crippen LogP contribution in [0.15, 0.2) is 32.7 Å². The molecule has 0 saturated carbocycles. The normalized spacial score (nSPS) is 10.7. The van der Waals surface area contributed by atoms with Gasteiger partial charge < -0.3 is 14.5 Å². The van der Waals surface area contributed by atoms with Crippen LogP contribution < -0.4 is 5.32 Å². The quantitative estimate of drug-likeness (QED) is 0.820. The summed E-state index contributed by atoms with van der Waals surface area (Å²) in [4.78, 5) is 9.91. The third-order valence-electron chi connectivity index (χ3n) is 2.41. The molecule has 19 heavy (non-hydrogen) atoms. The molecule has 0 saturated heterocycles. The second kappa shape index (κ2) is 6.58. The van der Waals surface area contributed by atoms with E-state index in [0.29, 0.717) is 12.4 Å². The van der Waals surface area contributed by atoms with Crippen LogP contribution in [0.2, 0.25) is 0 Å². The first-order valence-corrected chi connectivity index (χ1v) is 6.87. The van der Waals surface area contributed by atoms with E-state index in [2.05, 4.69) is 15.3 Å². The maximum absolute atomic E-state index is 5.29.